The molecule has 0 radical (unpaired) electrons. The van der Waals surface area contributed by atoms with Crippen LogP contribution in [0.3, 0.4) is 0 Å². The number of likely N-dealkylation sites (N-methyl/N-ethyl adjacent to an activating group) is 1. The second kappa shape index (κ2) is 6.68. The molecule has 1 amide bonds. The fourth-order valence-electron chi connectivity index (χ4n) is 1.65. The number of carboxylic acid groups (broad SMARTS) is 1. The predicted molar refractivity (Wildman–Crippen MR) is 73.3 cm³/mol. The molecule has 0 aliphatic rings. The standard InChI is InChI=1S/C11H18N4O5S/c1-4-15(6-9(16)13-7(2)3)21(19,20)10-8(11(17)18)5-12-14-10/h5,7H,4,6H2,1-3H3,(H,12,14)(H,13,16)(H,17,18). The van der Waals surface area contributed by atoms with Crippen LogP contribution in [0.15, 0.2) is 11.2 Å². The number of sulfonamides is 1. The van der Waals surface area contributed by atoms with E-state index in [1.807, 2.05) is 0 Å². The Morgan fingerprint density at radius 2 is 2.10 bits per heavy atom. The van der Waals surface area contributed by atoms with Gasteiger partial charge in [-0.3, -0.25) is 9.89 Å². The summed E-state index contributed by atoms with van der Waals surface area (Å²) in [5, 5.41) is 16.6. The first kappa shape index (κ1) is 17.1. The molecule has 0 atom stereocenters. The maximum atomic E-state index is 12.4. The molecule has 0 saturated carbocycles. The molecule has 0 saturated heterocycles. The lowest BCUT2D eigenvalue weighted by molar-refractivity contribution is -0.121. The first-order valence-electron chi connectivity index (χ1n) is 6.26. The summed E-state index contributed by atoms with van der Waals surface area (Å²) in [4.78, 5) is 22.7. The number of hydrogen-bond donors (Lipinski definition) is 3. The number of aromatic carboxylic acids is 1. The van der Waals surface area contributed by atoms with Crippen LogP contribution < -0.4 is 5.32 Å². The van der Waals surface area contributed by atoms with Gasteiger partial charge < -0.3 is 10.4 Å². The van der Waals surface area contributed by atoms with E-state index in [9.17, 15) is 18.0 Å². The van der Waals surface area contributed by atoms with Crippen LogP contribution in [-0.4, -0.2) is 59.0 Å². The monoisotopic (exact) mass is 318 g/mol. The number of nitrogens with zero attached hydrogens (tertiary/aromatic N) is 2. The number of carbonyl (C=O) groups excluding carboxylic acids is 1. The molecule has 1 rings (SSSR count). The lowest BCUT2D eigenvalue weighted by Gasteiger charge is -2.20. The average molecular weight is 318 g/mol. The third-order valence-electron chi connectivity index (χ3n) is 2.55. The molecule has 10 heteroatoms. The molecule has 0 unspecified atom stereocenters. The Morgan fingerprint density at radius 1 is 1.48 bits per heavy atom. The topological polar surface area (TPSA) is 132 Å². The molecule has 0 spiro atoms. The summed E-state index contributed by atoms with van der Waals surface area (Å²) in [6, 6.07) is -0.124. The van der Waals surface area contributed by atoms with Gasteiger partial charge >= 0.3 is 5.97 Å². The number of H-pyrrole nitrogens is 1. The van der Waals surface area contributed by atoms with Crippen LogP contribution in [0.1, 0.15) is 31.1 Å². The van der Waals surface area contributed by atoms with Crippen molar-refractivity contribution in [1.82, 2.24) is 19.8 Å². The van der Waals surface area contributed by atoms with Crippen LogP contribution in [-0.2, 0) is 14.8 Å². The Morgan fingerprint density at radius 3 is 2.57 bits per heavy atom. The lowest BCUT2D eigenvalue weighted by atomic mass is 10.4. The summed E-state index contributed by atoms with van der Waals surface area (Å²) in [7, 11) is -4.14. The molecule has 21 heavy (non-hydrogen) atoms. The van der Waals surface area contributed by atoms with Crippen molar-refractivity contribution in [2.24, 2.45) is 0 Å². The highest BCUT2D eigenvalue weighted by Crippen LogP contribution is 2.17. The summed E-state index contributed by atoms with van der Waals surface area (Å²) in [5.74, 6) is -1.88. The maximum Gasteiger partial charge on any atom is 0.340 e. The van der Waals surface area contributed by atoms with E-state index in [0.29, 0.717) is 0 Å². The van der Waals surface area contributed by atoms with E-state index in [-0.39, 0.29) is 12.6 Å². The molecule has 0 aliphatic carbocycles. The van der Waals surface area contributed by atoms with Crippen molar-refractivity contribution < 1.29 is 23.1 Å². The highest BCUT2D eigenvalue weighted by atomic mass is 32.2. The molecular weight excluding hydrogens is 300 g/mol. The quantitative estimate of drug-likeness (QED) is 0.629. The molecule has 0 bridgehead atoms. The van der Waals surface area contributed by atoms with Crippen LogP contribution in [0.4, 0.5) is 0 Å². The molecule has 9 nitrogen and oxygen atoms in total. The van der Waals surface area contributed by atoms with E-state index in [2.05, 4.69) is 15.5 Å². The zero-order valence-electron chi connectivity index (χ0n) is 12.0. The SMILES string of the molecule is CCN(CC(=O)NC(C)C)S(=O)(=O)c1[nH]ncc1C(=O)O. The van der Waals surface area contributed by atoms with Gasteiger partial charge in [-0.1, -0.05) is 6.92 Å². The van der Waals surface area contributed by atoms with Gasteiger partial charge in [0, 0.05) is 12.6 Å². The molecule has 0 fully saturated rings. The lowest BCUT2D eigenvalue weighted by Crippen LogP contribution is -2.43. The summed E-state index contributed by atoms with van der Waals surface area (Å²) in [5.41, 5.74) is -0.460. The number of nitrogens with one attached hydrogen (secondary N) is 2. The number of carboxylic acids is 1. The normalized spacial score (nSPS) is 11.9. The number of hydrogen-bond acceptors (Lipinski definition) is 5. The minimum absolute atomic E-state index is 0.0198. The smallest absolute Gasteiger partial charge is 0.340 e. The maximum absolute atomic E-state index is 12.4. The van der Waals surface area contributed by atoms with Gasteiger partial charge in [0.2, 0.25) is 5.91 Å². The first-order chi connectivity index (χ1) is 9.70. The molecule has 0 aromatic carbocycles. The molecule has 1 heterocycles. The fraction of sp³-hybridized carbons (Fsp3) is 0.545. The van der Waals surface area contributed by atoms with Crippen molar-refractivity contribution in [3.05, 3.63) is 11.8 Å². The van der Waals surface area contributed by atoms with Crippen molar-refractivity contribution in [3.63, 3.8) is 0 Å². The highest BCUT2D eigenvalue weighted by Gasteiger charge is 2.31. The Balaban J connectivity index is 3.05. The number of aromatic amines is 1. The molecule has 1 aromatic heterocycles. The summed E-state index contributed by atoms with van der Waals surface area (Å²) < 4.78 is 25.6. The van der Waals surface area contributed by atoms with Gasteiger partial charge in [0.05, 0.1) is 12.7 Å². The van der Waals surface area contributed by atoms with E-state index >= 15 is 0 Å². The Kier molecular flexibility index (Phi) is 5.44. The van der Waals surface area contributed by atoms with Gasteiger partial charge in [-0.05, 0) is 13.8 Å². The van der Waals surface area contributed by atoms with Crippen LogP contribution in [0.5, 0.6) is 0 Å². The van der Waals surface area contributed by atoms with Crippen molar-refractivity contribution >= 4 is 21.9 Å². The number of amides is 1. The minimum Gasteiger partial charge on any atom is -0.478 e. The number of aromatic nitrogens is 2. The van der Waals surface area contributed by atoms with E-state index in [1.54, 1.807) is 20.8 Å². The predicted octanol–water partition coefficient (Wildman–Crippen LogP) is -0.357. The summed E-state index contributed by atoms with van der Waals surface area (Å²) in [6.07, 6.45) is 0.914. The zero-order chi connectivity index (χ0) is 16.2. The van der Waals surface area contributed by atoms with E-state index in [0.717, 1.165) is 10.5 Å². The summed E-state index contributed by atoms with van der Waals surface area (Å²) >= 11 is 0. The third kappa shape index (κ3) is 4.02. The van der Waals surface area contributed by atoms with Gasteiger partial charge in [-0.25, -0.2) is 13.2 Å². The van der Waals surface area contributed by atoms with Gasteiger partial charge in [-0.2, -0.15) is 9.40 Å². The molecular formula is C11H18N4O5S. The number of rotatable bonds is 7. The van der Waals surface area contributed by atoms with Crippen molar-refractivity contribution in [1.29, 1.82) is 0 Å². The third-order valence-corrected chi connectivity index (χ3v) is 4.45. The van der Waals surface area contributed by atoms with Crippen molar-refractivity contribution in [2.45, 2.75) is 31.8 Å². The second-order valence-corrected chi connectivity index (χ2v) is 6.45. The second-order valence-electron chi connectivity index (χ2n) is 4.57. The van der Waals surface area contributed by atoms with Gasteiger partial charge in [0.25, 0.3) is 10.0 Å². The van der Waals surface area contributed by atoms with Crippen LogP contribution in [0.2, 0.25) is 0 Å². The Labute approximate surface area is 122 Å². The molecule has 3 N–H and O–H groups in total. The average Bonchev–Trinajstić information content (AvgIpc) is 2.84. The fourth-order valence-corrected chi connectivity index (χ4v) is 3.12. The van der Waals surface area contributed by atoms with Crippen molar-refractivity contribution in [3.8, 4) is 0 Å². The Hall–Kier alpha value is -1.94. The van der Waals surface area contributed by atoms with E-state index < -0.39 is 39.0 Å². The van der Waals surface area contributed by atoms with Crippen LogP contribution in [0, 0.1) is 0 Å². The number of carbonyl (C=O) groups is 2. The Bertz CT molecular complexity index is 622. The molecule has 1 aromatic rings. The van der Waals surface area contributed by atoms with E-state index in [4.69, 9.17) is 5.11 Å². The zero-order valence-corrected chi connectivity index (χ0v) is 12.8. The largest absolute Gasteiger partial charge is 0.478 e. The molecule has 0 aliphatic heterocycles. The van der Waals surface area contributed by atoms with E-state index in [1.165, 1.54) is 0 Å². The van der Waals surface area contributed by atoms with Gasteiger partial charge in [0.1, 0.15) is 5.56 Å². The summed E-state index contributed by atoms with van der Waals surface area (Å²) in [6.45, 7) is 4.68. The van der Waals surface area contributed by atoms with Crippen LogP contribution in [0.25, 0.3) is 0 Å². The minimum atomic E-state index is -4.14. The highest BCUT2D eigenvalue weighted by molar-refractivity contribution is 7.89. The molecule has 118 valence electrons. The van der Waals surface area contributed by atoms with Crippen molar-refractivity contribution in [2.75, 3.05) is 13.1 Å². The first-order valence-corrected chi connectivity index (χ1v) is 7.70. The van der Waals surface area contributed by atoms with Crippen LogP contribution >= 0.6 is 0 Å². The van der Waals surface area contributed by atoms with Gasteiger partial charge in [0.15, 0.2) is 5.03 Å². The van der Waals surface area contributed by atoms with Gasteiger partial charge in [-0.15, -0.1) is 0 Å².